The smallest absolute Gasteiger partial charge is 0.253 e. The summed E-state index contributed by atoms with van der Waals surface area (Å²) in [6.07, 6.45) is 0.650. The number of nitrogens with zero attached hydrogens (tertiary/aromatic N) is 2. The third kappa shape index (κ3) is 1.83. The largest absolute Gasteiger partial charge is 0.550 e. The highest BCUT2D eigenvalue weighted by Crippen LogP contribution is 2.44. The van der Waals surface area contributed by atoms with Crippen LogP contribution in [0.5, 0.6) is 0 Å². The van der Waals surface area contributed by atoms with Gasteiger partial charge >= 0.3 is 0 Å². The van der Waals surface area contributed by atoms with E-state index in [2.05, 4.69) is 21.0 Å². The number of carbonyl (C=O) groups excluding carboxylic acids is 2. The molecule has 2 aliphatic rings. The van der Waals surface area contributed by atoms with Crippen LogP contribution in [0.1, 0.15) is 29.0 Å². The first-order chi connectivity index (χ1) is 9.41. The van der Waals surface area contributed by atoms with E-state index in [1.54, 1.807) is 13.8 Å². The number of rotatable bonds is 2. The summed E-state index contributed by atoms with van der Waals surface area (Å²) in [5.41, 5.74) is 1.37. The molecule has 2 saturated heterocycles. The number of carboxylic acid groups (broad SMARTS) is 1. The molecule has 6 nitrogen and oxygen atoms in total. The van der Waals surface area contributed by atoms with Crippen molar-refractivity contribution in [2.45, 2.75) is 38.9 Å². The van der Waals surface area contributed by atoms with Crippen molar-refractivity contribution >= 4 is 27.8 Å². The molecule has 0 saturated carbocycles. The van der Waals surface area contributed by atoms with Gasteiger partial charge in [0.2, 0.25) is 0 Å². The molecular weight excluding hydrogens is 328 g/mol. The molecule has 0 spiro atoms. The van der Waals surface area contributed by atoms with E-state index < -0.39 is 23.9 Å². The fraction of sp³-hybridized carbons (Fsp3) is 0.615. The summed E-state index contributed by atoms with van der Waals surface area (Å²) in [6.45, 7) is 3.55. The summed E-state index contributed by atoms with van der Waals surface area (Å²) < 4.78 is 7.63. The van der Waals surface area contributed by atoms with E-state index in [0.29, 0.717) is 24.2 Å². The average molecular weight is 342 g/mol. The van der Waals surface area contributed by atoms with Gasteiger partial charge in [-0.3, -0.25) is 4.79 Å². The van der Waals surface area contributed by atoms with Gasteiger partial charge in [-0.1, -0.05) is 0 Å². The normalized spacial score (nSPS) is 31.8. The number of aliphatic carboxylic acids is 1. The standard InChI is InChI=1S/C13H15BrN2O4/c1-5-11(14)6(2)16(15-5)12(17)9-7-3-4-8(20-7)10(9)13(18)19/h7-10H,3-4H2,1-2H3,(H,18,19)/p-1. The van der Waals surface area contributed by atoms with Gasteiger partial charge in [0.25, 0.3) is 5.91 Å². The van der Waals surface area contributed by atoms with E-state index in [1.165, 1.54) is 4.68 Å². The van der Waals surface area contributed by atoms with E-state index in [-0.39, 0.29) is 12.0 Å². The second-order valence-corrected chi connectivity index (χ2v) is 6.19. The first-order valence-corrected chi connectivity index (χ1v) is 7.33. The maximum atomic E-state index is 12.6. The Kier molecular flexibility index (Phi) is 3.21. The third-order valence-electron chi connectivity index (χ3n) is 4.24. The van der Waals surface area contributed by atoms with Gasteiger partial charge in [-0.15, -0.1) is 0 Å². The van der Waals surface area contributed by atoms with Crippen LogP contribution < -0.4 is 5.11 Å². The minimum absolute atomic E-state index is 0.322. The second-order valence-electron chi connectivity index (χ2n) is 5.40. The van der Waals surface area contributed by atoms with Gasteiger partial charge in [-0.05, 0) is 42.6 Å². The molecule has 20 heavy (non-hydrogen) atoms. The van der Waals surface area contributed by atoms with E-state index in [9.17, 15) is 14.7 Å². The van der Waals surface area contributed by atoms with Gasteiger partial charge in [-0.25, -0.2) is 4.68 Å². The van der Waals surface area contributed by atoms with Gasteiger partial charge in [-0.2, -0.15) is 5.10 Å². The number of fused-ring (bicyclic) bond motifs is 2. The third-order valence-corrected chi connectivity index (χ3v) is 5.39. The lowest BCUT2D eigenvalue weighted by atomic mass is 9.79. The first-order valence-electron chi connectivity index (χ1n) is 6.54. The summed E-state index contributed by atoms with van der Waals surface area (Å²) >= 11 is 3.37. The van der Waals surface area contributed by atoms with E-state index in [0.717, 1.165) is 4.47 Å². The molecule has 108 valence electrons. The SMILES string of the molecule is Cc1nn(C(=O)C2C3CCC(O3)C2C(=O)[O-])c(C)c1Br. The summed E-state index contributed by atoms with van der Waals surface area (Å²) in [4.78, 5) is 24.0. The number of hydrogen-bond donors (Lipinski definition) is 0. The predicted octanol–water partition coefficient (Wildman–Crippen LogP) is 0.446. The fourth-order valence-corrected chi connectivity index (χ4v) is 3.52. The fourth-order valence-electron chi connectivity index (χ4n) is 3.27. The number of aromatic nitrogens is 2. The highest BCUT2D eigenvalue weighted by molar-refractivity contribution is 9.10. The predicted molar refractivity (Wildman–Crippen MR) is 69.9 cm³/mol. The van der Waals surface area contributed by atoms with Gasteiger partial charge < -0.3 is 14.6 Å². The Balaban J connectivity index is 1.97. The topological polar surface area (TPSA) is 84.2 Å². The Morgan fingerprint density at radius 1 is 1.30 bits per heavy atom. The summed E-state index contributed by atoms with van der Waals surface area (Å²) in [5.74, 6) is -3.11. The van der Waals surface area contributed by atoms with Crippen molar-refractivity contribution in [3.05, 3.63) is 15.9 Å². The zero-order chi connectivity index (χ0) is 14.6. The first kappa shape index (κ1) is 13.8. The second kappa shape index (κ2) is 4.66. The van der Waals surface area contributed by atoms with Crippen molar-refractivity contribution in [2.75, 3.05) is 0 Å². The van der Waals surface area contributed by atoms with Crippen LogP contribution in [0.15, 0.2) is 4.47 Å². The van der Waals surface area contributed by atoms with Crippen LogP contribution >= 0.6 is 15.9 Å². The molecular formula is C13H14BrN2O4-. The molecule has 2 bridgehead atoms. The van der Waals surface area contributed by atoms with E-state index in [1.807, 2.05) is 0 Å². The quantitative estimate of drug-likeness (QED) is 0.779. The molecule has 0 aromatic carbocycles. The highest BCUT2D eigenvalue weighted by atomic mass is 79.9. The molecule has 0 N–H and O–H groups in total. The lowest BCUT2D eigenvalue weighted by molar-refractivity contribution is -0.313. The van der Waals surface area contributed by atoms with E-state index >= 15 is 0 Å². The molecule has 3 heterocycles. The van der Waals surface area contributed by atoms with Crippen LogP contribution in [-0.4, -0.2) is 33.9 Å². The molecule has 1 aromatic rings. The van der Waals surface area contributed by atoms with Gasteiger partial charge in [0.15, 0.2) is 0 Å². The van der Waals surface area contributed by atoms with Crippen molar-refractivity contribution in [3.63, 3.8) is 0 Å². The van der Waals surface area contributed by atoms with Crippen molar-refractivity contribution in [2.24, 2.45) is 11.8 Å². The Labute approximate surface area is 124 Å². The molecule has 7 heteroatoms. The molecule has 0 radical (unpaired) electrons. The van der Waals surface area contributed by atoms with Gasteiger partial charge in [0, 0.05) is 11.9 Å². The summed E-state index contributed by atoms with van der Waals surface area (Å²) in [5, 5.41) is 15.5. The highest BCUT2D eigenvalue weighted by Gasteiger charge is 2.53. The van der Waals surface area contributed by atoms with Crippen molar-refractivity contribution < 1.29 is 19.4 Å². The molecule has 2 fully saturated rings. The molecule has 4 unspecified atom stereocenters. The molecule has 3 rings (SSSR count). The lowest BCUT2D eigenvalue weighted by Crippen LogP contribution is -2.46. The number of ether oxygens (including phenoxy) is 1. The van der Waals surface area contributed by atoms with Crippen molar-refractivity contribution in [3.8, 4) is 0 Å². The maximum absolute atomic E-state index is 12.6. The zero-order valence-electron chi connectivity index (χ0n) is 11.1. The lowest BCUT2D eigenvalue weighted by Gasteiger charge is -2.27. The number of carbonyl (C=O) groups is 2. The molecule has 2 aliphatic heterocycles. The van der Waals surface area contributed by atoms with Gasteiger partial charge in [0.1, 0.15) is 0 Å². The number of aryl methyl sites for hydroxylation is 1. The van der Waals surface area contributed by atoms with E-state index in [4.69, 9.17) is 4.74 Å². The number of halogens is 1. The number of hydrogen-bond acceptors (Lipinski definition) is 5. The Morgan fingerprint density at radius 3 is 2.40 bits per heavy atom. The summed E-state index contributed by atoms with van der Waals surface area (Å²) in [6, 6.07) is 0. The molecule has 0 aliphatic carbocycles. The molecule has 4 atom stereocenters. The molecule has 1 aromatic heterocycles. The van der Waals surface area contributed by atoms with Crippen LogP contribution in [0.25, 0.3) is 0 Å². The van der Waals surface area contributed by atoms with Gasteiger partial charge in [0.05, 0.1) is 34.0 Å². The van der Waals surface area contributed by atoms with Crippen LogP contribution in [0.4, 0.5) is 0 Å². The zero-order valence-corrected chi connectivity index (χ0v) is 12.7. The van der Waals surface area contributed by atoms with Crippen molar-refractivity contribution in [1.29, 1.82) is 0 Å². The van der Waals surface area contributed by atoms with Crippen LogP contribution in [0.2, 0.25) is 0 Å². The Hall–Kier alpha value is -1.21. The monoisotopic (exact) mass is 341 g/mol. The molecule has 0 amide bonds. The minimum Gasteiger partial charge on any atom is -0.550 e. The number of carboxylic acids is 1. The average Bonchev–Trinajstić information content (AvgIpc) is 3.07. The Morgan fingerprint density at radius 2 is 1.90 bits per heavy atom. The van der Waals surface area contributed by atoms with Crippen LogP contribution in [0.3, 0.4) is 0 Å². The van der Waals surface area contributed by atoms with Crippen LogP contribution in [0, 0.1) is 25.7 Å². The maximum Gasteiger partial charge on any atom is 0.253 e. The Bertz CT molecular complexity index is 597. The minimum atomic E-state index is -1.21. The van der Waals surface area contributed by atoms with Crippen LogP contribution in [-0.2, 0) is 9.53 Å². The van der Waals surface area contributed by atoms with Crippen molar-refractivity contribution in [1.82, 2.24) is 9.78 Å². The summed E-state index contributed by atoms with van der Waals surface area (Å²) in [7, 11) is 0.